The molecule has 6 heteroatoms. The average Bonchev–Trinajstić information content (AvgIpc) is 2.40. The first-order chi connectivity index (χ1) is 9.41. The lowest BCUT2D eigenvalue weighted by molar-refractivity contribution is -0.385. The number of hydrogen-bond donors (Lipinski definition) is 1. The van der Waals surface area contributed by atoms with E-state index in [-0.39, 0.29) is 23.1 Å². The van der Waals surface area contributed by atoms with Crippen molar-refractivity contribution in [2.75, 3.05) is 13.1 Å². The van der Waals surface area contributed by atoms with Crippen LogP contribution in [-0.2, 0) is 0 Å². The Labute approximate surface area is 117 Å². The number of nitro benzene ring substituents is 1. The summed E-state index contributed by atoms with van der Waals surface area (Å²) in [5.41, 5.74) is 0.595. The van der Waals surface area contributed by atoms with Crippen LogP contribution in [-0.4, -0.2) is 40.0 Å². The van der Waals surface area contributed by atoms with Gasteiger partial charge in [0.05, 0.1) is 11.0 Å². The van der Waals surface area contributed by atoms with Crippen molar-refractivity contribution in [3.8, 4) is 0 Å². The zero-order chi connectivity index (χ0) is 14.9. The molecule has 2 unspecified atom stereocenters. The van der Waals surface area contributed by atoms with Crippen molar-refractivity contribution in [1.82, 2.24) is 4.90 Å². The van der Waals surface area contributed by atoms with E-state index >= 15 is 0 Å². The molecule has 1 aromatic rings. The highest BCUT2D eigenvalue weighted by Crippen LogP contribution is 2.26. The van der Waals surface area contributed by atoms with Gasteiger partial charge in [-0.15, -0.1) is 0 Å². The molecule has 1 N–H and O–H groups in total. The third-order valence-electron chi connectivity index (χ3n) is 3.81. The molecule has 0 saturated carbocycles. The second-order valence-corrected chi connectivity index (χ2v) is 5.31. The van der Waals surface area contributed by atoms with Crippen molar-refractivity contribution in [1.29, 1.82) is 0 Å². The molecule has 108 valence electrons. The minimum absolute atomic E-state index is 0.0178. The van der Waals surface area contributed by atoms with Gasteiger partial charge in [-0.05, 0) is 24.8 Å². The van der Waals surface area contributed by atoms with Gasteiger partial charge in [0, 0.05) is 19.2 Å². The second kappa shape index (κ2) is 5.58. The molecule has 20 heavy (non-hydrogen) atoms. The van der Waals surface area contributed by atoms with Gasteiger partial charge in [-0.2, -0.15) is 0 Å². The van der Waals surface area contributed by atoms with Gasteiger partial charge in [0.2, 0.25) is 0 Å². The quantitative estimate of drug-likeness (QED) is 0.659. The first-order valence-electron chi connectivity index (χ1n) is 6.63. The van der Waals surface area contributed by atoms with E-state index in [1.165, 1.54) is 6.07 Å². The van der Waals surface area contributed by atoms with E-state index in [4.69, 9.17) is 0 Å². The van der Waals surface area contributed by atoms with Crippen LogP contribution in [0, 0.1) is 23.0 Å². The fourth-order valence-electron chi connectivity index (χ4n) is 2.56. The standard InChI is InChI=1S/C14H18N2O4/c1-9-4-3-5-11(16(19)20)13(9)14(18)15-7-6-12(17)10(2)8-15/h3-5,10,12,17H,6-8H2,1-2H3. The van der Waals surface area contributed by atoms with Gasteiger partial charge in [-0.3, -0.25) is 14.9 Å². The van der Waals surface area contributed by atoms with Crippen molar-refractivity contribution >= 4 is 11.6 Å². The van der Waals surface area contributed by atoms with Crippen LogP contribution < -0.4 is 0 Å². The number of hydrogen-bond acceptors (Lipinski definition) is 4. The number of likely N-dealkylation sites (tertiary alicyclic amines) is 1. The van der Waals surface area contributed by atoms with Crippen LogP contribution in [0.1, 0.15) is 29.3 Å². The van der Waals surface area contributed by atoms with Crippen LogP contribution in [0.5, 0.6) is 0 Å². The molecule has 0 bridgehead atoms. The highest BCUT2D eigenvalue weighted by molar-refractivity contribution is 5.99. The highest BCUT2D eigenvalue weighted by Gasteiger charge is 2.31. The van der Waals surface area contributed by atoms with Gasteiger partial charge >= 0.3 is 0 Å². The van der Waals surface area contributed by atoms with Crippen molar-refractivity contribution in [3.63, 3.8) is 0 Å². The zero-order valence-corrected chi connectivity index (χ0v) is 11.6. The zero-order valence-electron chi connectivity index (χ0n) is 11.6. The first kappa shape index (κ1) is 14.5. The average molecular weight is 278 g/mol. The molecule has 2 rings (SSSR count). The van der Waals surface area contributed by atoms with Gasteiger partial charge in [-0.1, -0.05) is 19.1 Å². The Morgan fingerprint density at radius 2 is 2.20 bits per heavy atom. The molecular formula is C14H18N2O4. The van der Waals surface area contributed by atoms with E-state index in [1.807, 2.05) is 6.92 Å². The molecule has 2 atom stereocenters. The number of rotatable bonds is 2. The number of aliphatic hydroxyl groups excluding tert-OH is 1. The summed E-state index contributed by atoms with van der Waals surface area (Å²) in [4.78, 5) is 24.7. The highest BCUT2D eigenvalue weighted by atomic mass is 16.6. The molecule has 1 fully saturated rings. The van der Waals surface area contributed by atoms with E-state index in [0.29, 0.717) is 25.1 Å². The number of amides is 1. The van der Waals surface area contributed by atoms with Crippen LogP contribution in [0.4, 0.5) is 5.69 Å². The largest absolute Gasteiger partial charge is 0.393 e. The molecule has 0 aromatic heterocycles. The van der Waals surface area contributed by atoms with Crippen molar-refractivity contribution < 1.29 is 14.8 Å². The summed E-state index contributed by atoms with van der Waals surface area (Å²) in [6.45, 7) is 4.42. The number of nitrogens with zero attached hydrogens (tertiary/aromatic N) is 2. The van der Waals surface area contributed by atoms with Crippen LogP contribution in [0.2, 0.25) is 0 Å². The Morgan fingerprint density at radius 1 is 1.50 bits per heavy atom. The number of nitro groups is 1. The van der Waals surface area contributed by atoms with Crippen molar-refractivity contribution in [2.45, 2.75) is 26.4 Å². The Kier molecular flexibility index (Phi) is 4.04. The first-order valence-corrected chi connectivity index (χ1v) is 6.63. The number of benzene rings is 1. The molecule has 1 aromatic carbocycles. The molecule has 0 aliphatic carbocycles. The Hall–Kier alpha value is -1.95. The SMILES string of the molecule is Cc1cccc([N+](=O)[O-])c1C(=O)N1CCC(O)C(C)C1. The van der Waals surface area contributed by atoms with Crippen LogP contribution in [0.15, 0.2) is 18.2 Å². The number of piperidine rings is 1. The summed E-state index contributed by atoms with van der Waals surface area (Å²) in [5, 5.41) is 20.8. The normalized spacial score (nSPS) is 22.6. The fourth-order valence-corrected chi connectivity index (χ4v) is 2.56. The van der Waals surface area contributed by atoms with Crippen LogP contribution >= 0.6 is 0 Å². The maximum atomic E-state index is 12.5. The molecular weight excluding hydrogens is 260 g/mol. The van der Waals surface area contributed by atoms with Crippen LogP contribution in [0.3, 0.4) is 0 Å². The van der Waals surface area contributed by atoms with Crippen LogP contribution in [0.25, 0.3) is 0 Å². The smallest absolute Gasteiger partial charge is 0.282 e. The number of aliphatic hydroxyl groups is 1. The molecule has 1 heterocycles. The topological polar surface area (TPSA) is 83.7 Å². The minimum Gasteiger partial charge on any atom is -0.393 e. The van der Waals surface area contributed by atoms with E-state index in [2.05, 4.69) is 0 Å². The number of aryl methyl sites for hydroxylation is 1. The third kappa shape index (κ3) is 2.65. The Balaban J connectivity index is 2.32. The van der Waals surface area contributed by atoms with Gasteiger partial charge in [-0.25, -0.2) is 0 Å². The molecule has 1 aliphatic rings. The lowest BCUT2D eigenvalue weighted by Gasteiger charge is -2.34. The molecule has 0 spiro atoms. The minimum atomic E-state index is -0.525. The van der Waals surface area contributed by atoms with E-state index in [9.17, 15) is 20.0 Å². The van der Waals surface area contributed by atoms with Crippen molar-refractivity contribution in [3.05, 3.63) is 39.4 Å². The predicted octanol–water partition coefficient (Wildman–Crippen LogP) is 1.75. The lowest BCUT2D eigenvalue weighted by Crippen LogP contribution is -2.45. The summed E-state index contributed by atoms with van der Waals surface area (Å²) in [6, 6.07) is 4.62. The second-order valence-electron chi connectivity index (χ2n) is 5.31. The number of carbonyl (C=O) groups excluding carboxylic acids is 1. The van der Waals surface area contributed by atoms with Gasteiger partial charge in [0.1, 0.15) is 5.56 Å². The lowest BCUT2D eigenvalue weighted by atomic mass is 9.95. The third-order valence-corrected chi connectivity index (χ3v) is 3.81. The summed E-state index contributed by atoms with van der Waals surface area (Å²) >= 11 is 0. The van der Waals surface area contributed by atoms with Gasteiger partial charge in [0.25, 0.3) is 11.6 Å². The number of carbonyl (C=O) groups is 1. The van der Waals surface area contributed by atoms with E-state index in [1.54, 1.807) is 24.0 Å². The van der Waals surface area contributed by atoms with Gasteiger partial charge < -0.3 is 10.0 Å². The Bertz CT molecular complexity index is 544. The summed E-state index contributed by atoms with van der Waals surface area (Å²) < 4.78 is 0. The van der Waals surface area contributed by atoms with E-state index < -0.39 is 11.0 Å². The maximum Gasteiger partial charge on any atom is 0.282 e. The molecule has 1 saturated heterocycles. The predicted molar refractivity (Wildman–Crippen MR) is 73.5 cm³/mol. The summed E-state index contributed by atoms with van der Waals surface area (Å²) in [7, 11) is 0. The molecule has 1 amide bonds. The monoisotopic (exact) mass is 278 g/mol. The molecule has 1 aliphatic heterocycles. The molecule has 6 nitrogen and oxygen atoms in total. The van der Waals surface area contributed by atoms with Crippen molar-refractivity contribution in [2.24, 2.45) is 5.92 Å². The van der Waals surface area contributed by atoms with E-state index in [0.717, 1.165) is 0 Å². The summed E-state index contributed by atoms with van der Waals surface area (Å²) in [6.07, 6.45) is 0.0953. The fraction of sp³-hybridized carbons (Fsp3) is 0.500. The Morgan fingerprint density at radius 3 is 2.80 bits per heavy atom. The maximum absolute atomic E-state index is 12.5. The summed E-state index contributed by atoms with van der Waals surface area (Å²) in [5.74, 6) is -0.343. The molecule has 0 radical (unpaired) electrons. The van der Waals surface area contributed by atoms with Gasteiger partial charge in [0.15, 0.2) is 0 Å².